The lowest BCUT2D eigenvalue weighted by molar-refractivity contribution is 0.0474. The van der Waals surface area contributed by atoms with Crippen LogP contribution in [0.5, 0.6) is 0 Å². The summed E-state index contributed by atoms with van der Waals surface area (Å²) in [5, 5.41) is 0. The van der Waals surface area contributed by atoms with E-state index in [4.69, 9.17) is 14.7 Å². The molecule has 8 bridgehead atoms. The van der Waals surface area contributed by atoms with Crippen LogP contribution in [-0.4, -0.2) is 32.2 Å². The molecule has 0 fully saturated rings. The van der Waals surface area contributed by atoms with E-state index in [-0.39, 0.29) is 6.61 Å². The van der Waals surface area contributed by atoms with Crippen LogP contribution in [0.3, 0.4) is 0 Å². The van der Waals surface area contributed by atoms with Gasteiger partial charge in [0.25, 0.3) is 0 Å². The molecule has 7 nitrogen and oxygen atoms in total. The Bertz CT molecular complexity index is 2390. The molecule has 0 amide bonds. The Kier molecular flexibility index (Phi) is 7.39. The fraction of sp³-hybridized carbons (Fsp3) is 0.0244. The minimum absolute atomic E-state index is 0.119. The molecule has 3 aromatic heterocycles. The van der Waals surface area contributed by atoms with Gasteiger partial charge in [0.1, 0.15) is 12.2 Å². The fourth-order valence-corrected chi connectivity index (χ4v) is 6.18. The molecule has 0 saturated heterocycles. The Morgan fingerprint density at radius 2 is 1.04 bits per heavy atom. The number of ether oxygens (including phenoxy) is 1. The number of hydrogen-bond donors (Lipinski definition) is 2. The molecule has 0 aliphatic carbocycles. The van der Waals surface area contributed by atoms with Crippen LogP contribution in [0.1, 0.15) is 49.1 Å². The van der Waals surface area contributed by atoms with Gasteiger partial charge in [-0.05, 0) is 65.3 Å². The van der Waals surface area contributed by atoms with Crippen molar-refractivity contribution < 1.29 is 14.3 Å². The summed E-state index contributed by atoms with van der Waals surface area (Å²) in [5.74, 6) is -0.498. The number of H-pyrrole nitrogens is 2. The van der Waals surface area contributed by atoms with Crippen LogP contribution < -0.4 is 0 Å². The van der Waals surface area contributed by atoms with Crippen LogP contribution in [0.25, 0.3) is 68.6 Å². The summed E-state index contributed by atoms with van der Waals surface area (Å²) in [6.45, 7) is 0.119. The van der Waals surface area contributed by atoms with E-state index in [9.17, 15) is 9.59 Å². The fourth-order valence-electron chi connectivity index (χ4n) is 6.18. The number of aromatic nitrogens is 4. The first-order valence-electron chi connectivity index (χ1n) is 15.6. The summed E-state index contributed by atoms with van der Waals surface area (Å²) in [6.07, 6.45) is 8.35. The Morgan fingerprint density at radius 1 is 0.562 bits per heavy atom. The number of carbonyl (C=O) groups is 2. The molecule has 6 aromatic rings. The molecular weight excluding hydrogens is 596 g/mol. The molecule has 230 valence electrons. The minimum atomic E-state index is -0.498. The molecule has 0 unspecified atom stereocenters. The molecule has 5 heterocycles. The lowest BCUT2D eigenvalue weighted by atomic mass is 10.0. The highest BCUT2D eigenvalue weighted by atomic mass is 16.5. The van der Waals surface area contributed by atoms with Gasteiger partial charge in [0.2, 0.25) is 0 Å². The number of aromatic amines is 2. The first-order chi connectivity index (χ1) is 23.7. The molecule has 2 N–H and O–H groups in total. The number of nitrogens with one attached hydrogen (secondary N) is 2. The number of rotatable bonds is 6. The SMILES string of the molecule is O=Cc1c2nc(c(-c3ccccc3)c3ccc([nH]3)c(C(=O)OCc3ccccc3)c3nc(c(-c4ccccc4)c4ccc1[nH]4)C=C3)C=C2. The van der Waals surface area contributed by atoms with Gasteiger partial charge in [-0.2, -0.15) is 0 Å². The van der Waals surface area contributed by atoms with Crippen molar-refractivity contribution in [3.8, 4) is 22.3 Å². The molecule has 2 aliphatic rings. The predicted octanol–water partition coefficient (Wildman–Crippen LogP) is 9.16. The summed E-state index contributed by atoms with van der Waals surface area (Å²) in [5.41, 5.74) is 10.2. The topological polar surface area (TPSA) is 101 Å². The van der Waals surface area contributed by atoms with Crippen molar-refractivity contribution in [3.05, 3.63) is 155 Å². The van der Waals surface area contributed by atoms with E-state index < -0.39 is 5.97 Å². The molecule has 7 heteroatoms. The van der Waals surface area contributed by atoms with Crippen molar-refractivity contribution in [2.24, 2.45) is 0 Å². The van der Waals surface area contributed by atoms with Gasteiger partial charge in [-0.1, -0.05) is 91.0 Å². The normalized spacial score (nSPS) is 11.8. The first-order valence-corrected chi connectivity index (χ1v) is 15.6. The third-order valence-electron chi connectivity index (χ3n) is 8.45. The van der Waals surface area contributed by atoms with Crippen molar-refractivity contribution in [1.82, 2.24) is 19.9 Å². The van der Waals surface area contributed by atoms with Crippen LogP contribution in [-0.2, 0) is 11.3 Å². The summed E-state index contributed by atoms with van der Waals surface area (Å²) in [6, 6.07) is 37.0. The zero-order valence-corrected chi connectivity index (χ0v) is 25.7. The summed E-state index contributed by atoms with van der Waals surface area (Å²) < 4.78 is 5.90. The number of benzene rings is 3. The van der Waals surface area contributed by atoms with E-state index in [1.54, 1.807) is 0 Å². The molecule has 0 atom stereocenters. The van der Waals surface area contributed by atoms with Crippen LogP contribution in [0.15, 0.2) is 115 Å². The summed E-state index contributed by atoms with van der Waals surface area (Å²) in [4.78, 5) is 43.5. The standard InChI is InChI=1S/C41H28N4O3/c46-24-29-30-16-18-32(42-30)38(27-12-6-2-7-13-27)34-20-22-36(44-34)40(41(47)48-25-26-10-4-1-5-11-26)37-23-21-35(45-37)39(28-14-8-3-9-15-28)33-19-17-31(29)43-33/h1-24,42,45H,25H2. The summed E-state index contributed by atoms with van der Waals surface area (Å²) >= 11 is 0. The van der Waals surface area contributed by atoms with Crippen LogP contribution in [0.2, 0.25) is 0 Å². The van der Waals surface area contributed by atoms with Crippen molar-refractivity contribution in [2.45, 2.75) is 6.61 Å². The maximum absolute atomic E-state index is 14.0. The zero-order valence-electron chi connectivity index (χ0n) is 25.7. The highest BCUT2D eigenvalue weighted by Gasteiger charge is 2.21. The van der Waals surface area contributed by atoms with E-state index >= 15 is 0 Å². The maximum Gasteiger partial charge on any atom is 0.342 e. The van der Waals surface area contributed by atoms with Crippen LogP contribution in [0.4, 0.5) is 0 Å². The first kappa shape index (κ1) is 28.8. The van der Waals surface area contributed by atoms with E-state index in [1.165, 1.54) is 0 Å². The maximum atomic E-state index is 14.0. The molecule has 0 radical (unpaired) electrons. The molecule has 2 aliphatic heterocycles. The third-order valence-corrected chi connectivity index (χ3v) is 8.45. The quantitative estimate of drug-likeness (QED) is 0.142. The Labute approximate surface area is 276 Å². The second kappa shape index (κ2) is 12.3. The lowest BCUT2D eigenvalue weighted by Gasteiger charge is -2.07. The van der Waals surface area contributed by atoms with Gasteiger partial charge in [-0.3, -0.25) is 4.79 Å². The number of esters is 1. The van der Waals surface area contributed by atoms with Gasteiger partial charge in [0.05, 0.1) is 39.4 Å². The average Bonchev–Trinajstić information content (AvgIpc) is 3.96. The summed E-state index contributed by atoms with van der Waals surface area (Å²) in [7, 11) is 0. The van der Waals surface area contributed by atoms with Gasteiger partial charge >= 0.3 is 5.97 Å². The molecule has 0 saturated carbocycles. The van der Waals surface area contributed by atoms with Gasteiger partial charge in [-0.25, -0.2) is 14.8 Å². The predicted molar refractivity (Wildman–Crippen MR) is 191 cm³/mol. The number of hydrogen-bond acceptors (Lipinski definition) is 5. The van der Waals surface area contributed by atoms with E-state index in [0.29, 0.717) is 44.9 Å². The molecule has 8 rings (SSSR count). The van der Waals surface area contributed by atoms with E-state index in [1.807, 2.05) is 140 Å². The number of nitrogens with zero attached hydrogens (tertiary/aromatic N) is 2. The Morgan fingerprint density at radius 3 is 1.65 bits per heavy atom. The van der Waals surface area contributed by atoms with Gasteiger partial charge in [0, 0.05) is 22.2 Å². The van der Waals surface area contributed by atoms with Gasteiger partial charge < -0.3 is 14.7 Å². The number of aldehydes is 1. The van der Waals surface area contributed by atoms with Crippen molar-refractivity contribution >= 4 is 58.6 Å². The monoisotopic (exact) mass is 624 g/mol. The second-order valence-electron chi connectivity index (χ2n) is 11.5. The van der Waals surface area contributed by atoms with E-state index in [0.717, 1.165) is 45.1 Å². The molecule has 3 aromatic carbocycles. The largest absolute Gasteiger partial charge is 0.457 e. The molecular formula is C41H28N4O3. The molecule has 48 heavy (non-hydrogen) atoms. The smallest absolute Gasteiger partial charge is 0.342 e. The highest BCUT2D eigenvalue weighted by molar-refractivity contribution is 6.04. The van der Waals surface area contributed by atoms with Crippen molar-refractivity contribution in [3.63, 3.8) is 0 Å². The Balaban J connectivity index is 1.47. The molecule has 0 spiro atoms. The van der Waals surface area contributed by atoms with Gasteiger partial charge in [-0.15, -0.1) is 0 Å². The number of fused-ring (bicyclic) bond motifs is 8. The Hall–Kier alpha value is -6.60. The van der Waals surface area contributed by atoms with Crippen LogP contribution in [0, 0.1) is 0 Å². The second-order valence-corrected chi connectivity index (χ2v) is 11.5. The number of carbonyl (C=O) groups excluding carboxylic acids is 2. The van der Waals surface area contributed by atoms with Crippen molar-refractivity contribution in [2.75, 3.05) is 0 Å². The highest BCUT2D eigenvalue weighted by Crippen LogP contribution is 2.34. The van der Waals surface area contributed by atoms with Crippen LogP contribution >= 0.6 is 0 Å². The third kappa shape index (κ3) is 5.33. The zero-order chi connectivity index (χ0) is 32.5. The lowest BCUT2D eigenvalue weighted by Crippen LogP contribution is -2.08. The van der Waals surface area contributed by atoms with Crippen molar-refractivity contribution in [1.29, 1.82) is 0 Å². The van der Waals surface area contributed by atoms with E-state index in [2.05, 4.69) is 9.97 Å². The average molecular weight is 625 g/mol. The van der Waals surface area contributed by atoms with Gasteiger partial charge in [0.15, 0.2) is 6.29 Å². The minimum Gasteiger partial charge on any atom is -0.457 e.